The minimum Gasteiger partial charge on any atom is -0.478 e. The molecule has 1 aromatic rings. The van der Waals surface area contributed by atoms with Gasteiger partial charge in [0.2, 0.25) is 0 Å². The number of hydrogen-bond donors (Lipinski definition) is 2. The maximum atomic E-state index is 11.9. The summed E-state index contributed by atoms with van der Waals surface area (Å²) in [4.78, 5) is 22.8. The lowest BCUT2D eigenvalue weighted by atomic mass is 10.1. The number of carboxylic acids is 1. The van der Waals surface area contributed by atoms with Crippen LogP contribution < -0.4 is 5.73 Å². The summed E-state index contributed by atoms with van der Waals surface area (Å²) < 4.78 is 5.12. The van der Waals surface area contributed by atoms with Gasteiger partial charge in [-0.15, -0.1) is 0 Å². The van der Waals surface area contributed by atoms with Gasteiger partial charge in [0.25, 0.3) is 0 Å². The van der Waals surface area contributed by atoms with Crippen LogP contribution in [0.25, 0.3) is 0 Å². The Morgan fingerprint density at radius 1 is 1.33 bits per heavy atom. The molecule has 0 bridgehead atoms. The summed E-state index contributed by atoms with van der Waals surface area (Å²) in [6, 6.07) is 2.55. The predicted octanol–water partition coefficient (Wildman–Crippen LogP) is 2.58. The minimum absolute atomic E-state index is 0.0618. The molecular weight excluding hydrogens is 258 g/mol. The third kappa shape index (κ3) is 3.13. The molecule has 0 aliphatic heterocycles. The number of hydrogen-bond acceptors (Lipinski definition) is 4. The number of halogens is 1. The number of ether oxygens (including phenoxy) is 1. The fourth-order valence-corrected chi connectivity index (χ4v) is 1.56. The predicted molar refractivity (Wildman–Crippen MR) is 68.0 cm³/mol. The lowest BCUT2D eigenvalue weighted by Crippen LogP contribution is -2.25. The molecule has 1 aromatic carbocycles. The molecule has 0 amide bonds. The molecule has 0 unspecified atom stereocenters. The van der Waals surface area contributed by atoms with Crippen molar-refractivity contribution >= 4 is 29.2 Å². The van der Waals surface area contributed by atoms with Crippen molar-refractivity contribution in [2.75, 3.05) is 5.73 Å². The Labute approximate surface area is 109 Å². The van der Waals surface area contributed by atoms with E-state index in [2.05, 4.69) is 0 Å². The lowest BCUT2D eigenvalue weighted by molar-refractivity contribution is 0.00710. The molecule has 98 valence electrons. The number of carbonyl (C=O) groups is 2. The van der Waals surface area contributed by atoms with Gasteiger partial charge in [0.1, 0.15) is 11.2 Å². The zero-order chi connectivity index (χ0) is 14.1. The number of anilines is 1. The molecule has 0 fully saturated rings. The number of benzene rings is 1. The van der Waals surface area contributed by atoms with E-state index in [1.165, 1.54) is 12.1 Å². The molecule has 0 saturated carbocycles. The third-order valence-electron chi connectivity index (χ3n) is 2.03. The number of carboxylic acid groups (broad SMARTS) is 1. The SMILES string of the molecule is CC(C)(C)OC(=O)c1c(Cl)ccc(C(=O)O)c1N. The van der Waals surface area contributed by atoms with Crippen molar-refractivity contribution in [3.63, 3.8) is 0 Å². The maximum absolute atomic E-state index is 11.9. The molecule has 0 saturated heterocycles. The van der Waals surface area contributed by atoms with Gasteiger partial charge in [-0.3, -0.25) is 0 Å². The van der Waals surface area contributed by atoms with E-state index in [1.807, 2.05) is 0 Å². The summed E-state index contributed by atoms with van der Waals surface area (Å²) in [6.45, 7) is 5.07. The molecule has 0 aromatic heterocycles. The lowest BCUT2D eigenvalue weighted by Gasteiger charge is -2.20. The summed E-state index contributed by atoms with van der Waals surface area (Å²) in [5.41, 5.74) is 4.43. The van der Waals surface area contributed by atoms with Crippen LogP contribution in [-0.2, 0) is 4.74 Å². The molecule has 5 nitrogen and oxygen atoms in total. The van der Waals surface area contributed by atoms with E-state index < -0.39 is 17.5 Å². The highest BCUT2D eigenvalue weighted by atomic mass is 35.5. The number of nitrogen functional groups attached to an aromatic ring is 1. The minimum atomic E-state index is -1.23. The van der Waals surface area contributed by atoms with E-state index >= 15 is 0 Å². The third-order valence-corrected chi connectivity index (χ3v) is 2.34. The van der Waals surface area contributed by atoms with E-state index in [4.69, 9.17) is 27.2 Å². The van der Waals surface area contributed by atoms with Crippen LogP contribution >= 0.6 is 11.6 Å². The topological polar surface area (TPSA) is 89.6 Å². The number of aromatic carboxylic acids is 1. The number of rotatable bonds is 2. The van der Waals surface area contributed by atoms with Gasteiger partial charge in [0.15, 0.2) is 0 Å². The molecule has 0 aliphatic rings. The largest absolute Gasteiger partial charge is 0.478 e. The Hall–Kier alpha value is -1.75. The van der Waals surface area contributed by atoms with Crippen LogP contribution in [0.1, 0.15) is 41.5 Å². The zero-order valence-corrected chi connectivity index (χ0v) is 11.0. The monoisotopic (exact) mass is 271 g/mol. The molecule has 0 heterocycles. The standard InChI is InChI=1S/C12H14ClNO4/c1-12(2,3)18-11(17)8-7(13)5-4-6(9(8)14)10(15)16/h4-5H,14H2,1-3H3,(H,15,16). The number of nitrogens with two attached hydrogens (primary N) is 1. The fraction of sp³-hybridized carbons (Fsp3) is 0.333. The van der Waals surface area contributed by atoms with Crippen molar-refractivity contribution in [2.45, 2.75) is 26.4 Å². The van der Waals surface area contributed by atoms with Crippen LogP contribution in [0.15, 0.2) is 12.1 Å². The van der Waals surface area contributed by atoms with Crippen LogP contribution in [0.3, 0.4) is 0 Å². The van der Waals surface area contributed by atoms with Gasteiger partial charge in [0, 0.05) is 0 Å². The van der Waals surface area contributed by atoms with Crippen LogP contribution in [-0.4, -0.2) is 22.6 Å². The van der Waals surface area contributed by atoms with Crippen molar-refractivity contribution in [1.82, 2.24) is 0 Å². The zero-order valence-electron chi connectivity index (χ0n) is 10.3. The second-order valence-corrected chi connectivity index (χ2v) is 5.10. The van der Waals surface area contributed by atoms with E-state index in [0.29, 0.717) is 0 Å². The Morgan fingerprint density at radius 3 is 2.33 bits per heavy atom. The molecule has 6 heteroatoms. The second kappa shape index (κ2) is 4.86. The number of carbonyl (C=O) groups excluding carboxylic acids is 1. The average Bonchev–Trinajstić information content (AvgIpc) is 2.13. The average molecular weight is 272 g/mol. The van der Waals surface area contributed by atoms with E-state index in [0.717, 1.165) is 0 Å². The Balaban J connectivity index is 3.28. The first-order valence-electron chi connectivity index (χ1n) is 5.18. The summed E-state index contributed by atoms with van der Waals surface area (Å²) >= 11 is 5.86. The molecular formula is C12H14ClNO4. The van der Waals surface area contributed by atoms with E-state index in [1.54, 1.807) is 20.8 Å². The second-order valence-electron chi connectivity index (χ2n) is 4.69. The molecule has 0 aliphatic carbocycles. The first kappa shape index (κ1) is 14.3. The molecule has 0 spiro atoms. The van der Waals surface area contributed by atoms with Gasteiger partial charge >= 0.3 is 11.9 Å². The molecule has 1 rings (SSSR count). The highest BCUT2D eigenvalue weighted by Crippen LogP contribution is 2.28. The van der Waals surface area contributed by atoms with Crippen LogP contribution in [0, 0.1) is 0 Å². The molecule has 0 atom stereocenters. The van der Waals surface area contributed by atoms with Gasteiger partial charge in [-0.05, 0) is 32.9 Å². The van der Waals surface area contributed by atoms with Crippen molar-refractivity contribution in [3.05, 3.63) is 28.3 Å². The number of esters is 1. The smallest absolute Gasteiger partial charge is 0.342 e. The summed E-state index contributed by atoms with van der Waals surface area (Å²) in [6.07, 6.45) is 0. The van der Waals surface area contributed by atoms with Gasteiger partial charge in [-0.2, -0.15) is 0 Å². The summed E-state index contributed by atoms with van der Waals surface area (Å²) in [5.74, 6) is -1.97. The highest BCUT2D eigenvalue weighted by Gasteiger charge is 2.25. The normalized spacial score (nSPS) is 11.1. The Bertz CT molecular complexity index is 506. The van der Waals surface area contributed by atoms with Gasteiger partial charge in [-0.25, -0.2) is 9.59 Å². The van der Waals surface area contributed by atoms with Crippen molar-refractivity contribution in [3.8, 4) is 0 Å². The molecule has 3 N–H and O–H groups in total. The van der Waals surface area contributed by atoms with Crippen molar-refractivity contribution < 1.29 is 19.4 Å². The van der Waals surface area contributed by atoms with Gasteiger partial charge in [0.05, 0.1) is 16.3 Å². The Kier molecular flexibility index (Phi) is 3.86. The van der Waals surface area contributed by atoms with Gasteiger partial charge < -0.3 is 15.6 Å². The fourth-order valence-electron chi connectivity index (χ4n) is 1.32. The first-order valence-corrected chi connectivity index (χ1v) is 5.56. The van der Waals surface area contributed by atoms with Crippen molar-refractivity contribution in [2.24, 2.45) is 0 Å². The quantitative estimate of drug-likeness (QED) is 0.637. The summed E-state index contributed by atoms with van der Waals surface area (Å²) in [5, 5.41) is 8.98. The summed E-state index contributed by atoms with van der Waals surface area (Å²) in [7, 11) is 0. The first-order chi connectivity index (χ1) is 8.13. The van der Waals surface area contributed by atoms with Crippen LogP contribution in [0.4, 0.5) is 5.69 Å². The maximum Gasteiger partial charge on any atom is 0.342 e. The van der Waals surface area contributed by atoms with Gasteiger partial charge in [-0.1, -0.05) is 11.6 Å². The van der Waals surface area contributed by atoms with Crippen LogP contribution in [0.5, 0.6) is 0 Å². The van der Waals surface area contributed by atoms with E-state index in [-0.39, 0.29) is 21.8 Å². The van der Waals surface area contributed by atoms with Crippen LogP contribution in [0.2, 0.25) is 5.02 Å². The highest BCUT2D eigenvalue weighted by molar-refractivity contribution is 6.34. The molecule has 0 radical (unpaired) electrons. The van der Waals surface area contributed by atoms with E-state index in [9.17, 15) is 9.59 Å². The Morgan fingerprint density at radius 2 is 1.89 bits per heavy atom. The van der Waals surface area contributed by atoms with Crippen molar-refractivity contribution in [1.29, 1.82) is 0 Å². The molecule has 18 heavy (non-hydrogen) atoms.